The molecular formula is C17H13F2NO. The van der Waals surface area contributed by atoms with E-state index in [2.05, 4.69) is 4.98 Å². The maximum atomic E-state index is 14.1. The fourth-order valence-electron chi connectivity index (χ4n) is 2.37. The van der Waals surface area contributed by atoms with Crippen molar-refractivity contribution in [1.29, 1.82) is 0 Å². The fourth-order valence-corrected chi connectivity index (χ4v) is 2.37. The molecule has 0 bridgehead atoms. The van der Waals surface area contributed by atoms with Gasteiger partial charge in [-0.05, 0) is 17.7 Å². The summed E-state index contributed by atoms with van der Waals surface area (Å²) in [6, 6.07) is 13.6. The molecule has 0 aliphatic rings. The Labute approximate surface area is 121 Å². The third-order valence-corrected chi connectivity index (χ3v) is 3.35. The first-order valence-electron chi connectivity index (χ1n) is 6.47. The Hall–Kier alpha value is -2.62. The third kappa shape index (κ3) is 2.29. The first kappa shape index (κ1) is 13.4. The Bertz CT molecular complexity index is 766. The van der Waals surface area contributed by atoms with Crippen LogP contribution in [0.4, 0.5) is 8.78 Å². The lowest BCUT2D eigenvalue weighted by atomic mass is 10.0. The smallest absolute Gasteiger partial charge is 0.168 e. The summed E-state index contributed by atoms with van der Waals surface area (Å²) in [5.74, 6) is -1.17. The molecule has 0 radical (unpaired) electrons. The number of aromatic nitrogens is 1. The minimum atomic E-state index is -0.876. The zero-order valence-electron chi connectivity index (χ0n) is 11.4. The molecule has 3 aromatic rings. The average molecular weight is 285 g/mol. The monoisotopic (exact) mass is 285 g/mol. The van der Waals surface area contributed by atoms with Gasteiger partial charge in [0, 0.05) is 17.3 Å². The molecule has 0 atom stereocenters. The average Bonchev–Trinajstić information content (AvgIpc) is 2.94. The van der Waals surface area contributed by atoms with Crippen LogP contribution in [0.1, 0.15) is 0 Å². The molecular weight excluding hydrogens is 272 g/mol. The van der Waals surface area contributed by atoms with Crippen molar-refractivity contribution in [2.24, 2.45) is 0 Å². The topological polar surface area (TPSA) is 25.0 Å². The summed E-state index contributed by atoms with van der Waals surface area (Å²) in [5.41, 5.74) is 2.25. The molecule has 0 fully saturated rings. The Balaban J connectivity index is 2.25. The Kier molecular flexibility index (Phi) is 3.44. The van der Waals surface area contributed by atoms with Crippen molar-refractivity contribution in [2.75, 3.05) is 7.11 Å². The molecule has 0 amide bonds. The number of rotatable bonds is 3. The summed E-state index contributed by atoms with van der Waals surface area (Å²) in [4.78, 5) is 2.98. The van der Waals surface area contributed by atoms with E-state index in [0.29, 0.717) is 17.0 Å². The van der Waals surface area contributed by atoms with Gasteiger partial charge in [0.2, 0.25) is 0 Å². The van der Waals surface area contributed by atoms with E-state index in [-0.39, 0.29) is 5.56 Å². The molecule has 0 aliphatic carbocycles. The van der Waals surface area contributed by atoms with E-state index in [1.54, 1.807) is 13.3 Å². The first-order chi connectivity index (χ1) is 10.2. The summed E-state index contributed by atoms with van der Waals surface area (Å²) in [6.45, 7) is 0. The maximum Gasteiger partial charge on any atom is 0.168 e. The van der Waals surface area contributed by atoms with Crippen molar-refractivity contribution in [1.82, 2.24) is 4.98 Å². The summed E-state index contributed by atoms with van der Waals surface area (Å²) >= 11 is 0. The van der Waals surface area contributed by atoms with Gasteiger partial charge in [0.1, 0.15) is 5.75 Å². The number of methoxy groups -OCH3 is 1. The standard InChI is InChI=1S/C17H13F2NO/c1-21-14-10-20-17(12-8-5-9-13(18)16(12)19)15(14)11-6-3-2-4-7-11/h2-10,20H,1H3. The number of aromatic amines is 1. The second kappa shape index (κ2) is 5.40. The molecule has 106 valence electrons. The van der Waals surface area contributed by atoms with Gasteiger partial charge in [0.05, 0.1) is 12.8 Å². The summed E-state index contributed by atoms with van der Waals surface area (Å²) < 4.78 is 32.9. The summed E-state index contributed by atoms with van der Waals surface area (Å²) in [7, 11) is 1.54. The first-order valence-corrected chi connectivity index (χ1v) is 6.47. The van der Waals surface area contributed by atoms with Gasteiger partial charge in [0.15, 0.2) is 11.6 Å². The Morgan fingerprint density at radius 1 is 0.952 bits per heavy atom. The second-order valence-corrected chi connectivity index (χ2v) is 4.57. The highest BCUT2D eigenvalue weighted by Crippen LogP contribution is 2.39. The number of hydrogen-bond acceptors (Lipinski definition) is 1. The van der Waals surface area contributed by atoms with Crippen LogP contribution in [0, 0.1) is 11.6 Å². The molecule has 1 N–H and O–H groups in total. The van der Waals surface area contributed by atoms with Gasteiger partial charge in [0.25, 0.3) is 0 Å². The highest BCUT2D eigenvalue weighted by Gasteiger charge is 2.19. The number of ether oxygens (including phenoxy) is 1. The number of benzene rings is 2. The van der Waals surface area contributed by atoms with Crippen molar-refractivity contribution < 1.29 is 13.5 Å². The number of nitrogens with one attached hydrogen (secondary N) is 1. The molecule has 1 heterocycles. The zero-order valence-corrected chi connectivity index (χ0v) is 11.4. The predicted molar refractivity (Wildman–Crippen MR) is 78.1 cm³/mol. The van der Waals surface area contributed by atoms with E-state index in [1.807, 2.05) is 30.3 Å². The Morgan fingerprint density at radius 3 is 2.43 bits per heavy atom. The van der Waals surface area contributed by atoms with E-state index in [9.17, 15) is 8.78 Å². The van der Waals surface area contributed by atoms with Crippen LogP contribution in [0.2, 0.25) is 0 Å². The molecule has 2 aromatic carbocycles. The molecule has 4 heteroatoms. The van der Waals surface area contributed by atoms with Gasteiger partial charge in [-0.25, -0.2) is 8.78 Å². The molecule has 3 rings (SSSR count). The molecule has 0 saturated heterocycles. The lowest BCUT2D eigenvalue weighted by Crippen LogP contribution is -1.92. The van der Waals surface area contributed by atoms with Gasteiger partial charge in [-0.15, -0.1) is 0 Å². The van der Waals surface area contributed by atoms with Gasteiger partial charge < -0.3 is 9.72 Å². The Morgan fingerprint density at radius 2 is 1.71 bits per heavy atom. The van der Waals surface area contributed by atoms with Gasteiger partial charge in [-0.3, -0.25) is 0 Å². The number of H-pyrrole nitrogens is 1. The van der Waals surface area contributed by atoms with Crippen LogP contribution in [0.25, 0.3) is 22.4 Å². The predicted octanol–water partition coefficient (Wildman–Crippen LogP) is 4.64. The van der Waals surface area contributed by atoms with E-state index in [0.717, 1.165) is 11.6 Å². The quantitative estimate of drug-likeness (QED) is 0.745. The van der Waals surface area contributed by atoms with Crippen molar-refractivity contribution in [2.45, 2.75) is 0 Å². The van der Waals surface area contributed by atoms with Crippen molar-refractivity contribution in [3.05, 3.63) is 66.4 Å². The zero-order chi connectivity index (χ0) is 14.8. The minimum absolute atomic E-state index is 0.178. The van der Waals surface area contributed by atoms with Gasteiger partial charge >= 0.3 is 0 Å². The lowest BCUT2D eigenvalue weighted by Gasteiger charge is -2.08. The van der Waals surface area contributed by atoms with Crippen LogP contribution in [0.3, 0.4) is 0 Å². The van der Waals surface area contributed by atoms with Crippen LogP contribution in [-0.2, 0) is 0 Å². The highest BCUT2D eigenvalue weighted by atomic mass is 19.2. The summed E-state index contributed by atoms with van der Waals surface area (Å²) in [6.07, 6.45) is 1.64. The normalized spacial score (nSPS) is 10.6. The SMILES string of the molecule is COc1c[nH]c(-c2cccc(F)c2F)c1-c1ccccc1. The summed E-state index contributed by atoms with van der Waals surface area (Å²) in [5, 5.41) is 0. The van der Waals surface area contributed by atoms with Crippen LogP contribution in [0.15, 0.2) is 54.7 Å². The third-order valence-electron chi connectivity index (χ3n) is 3.35. The van der Waals surface area contributed by atoms with Crippen LogP contribution in [-0.4, -0.2) is 12.1 Å². The van der Waals surface area contributed by atoms with Gasteiger partial charge in [-0.1, -0.05) is 36.4 Å². The lowest BCUT2D eigenvalue weighted by molar-refractivity contribution is 0.417. The molecule has 0 saturated carbocycles. The van der Waals surface area contributed by atoms with Crippen LogP contribution < -0.4 is 4.74 Å². The fraction of sp³-hybridized carbons (Fsp3) is 0.0588. The van der Waals surface area contributed by atoms with Crippen molar-refractivity contribution >= 4 is 0 Å². The van der Waals surface area contributed by atoms with Crippen LogP contribution >= 0.6 is 0 Å². The molecule has 1 aromatic heterocycles. The largest absolute Gasteiger partial charge is 0.494 e. The molecule has 0 aliphatic heterocycles. The van der Waals surface area contributed by atoms with Crippen molar-refractivity contribution in [3.8, 4) is 28.1 Å². The molecule has 0 spiro atoms. The molecule has 2 nitrogen and oxygen atoms in total. The van der Waals surface area contributed by atoms with E-state index < -0.39 is 11.6 Å². The van der Waals surface area contributed by atoms with E-state index in [1.165, 1.54) is 12.1 Å². The minimum Gasteiger partial charge on any atom is -0.494 e. The van der Waals surface area contributed by atoms with E-state index in [4.69, 9.17) is 4.74 Å². The maximum absolute atomic E-state index is 14.1. The number of halogens is 2. The van der Waals surface area contributed by atoms with Crippen LogP contribution in [0.5, 0.6) is 5.75 Å². The molecule has 0 unspecified atom stereocenters. The number of hydrogen-bond donors (Lipinski definition) is 1. The second-order valence-electron chi connectivity index (χ2n) is 4.57. The van der Waals surface area contributed by atoms with E-state index >= 15 is 0 Å². The van der Waals surface area contributed by atoms with Crippen molar-refractivity contribution in [3.63, 3.8) is 0 Å². The highest BCUT2D eigenvalue weighted by molar-refractivity contribution is 5.86. The van der Waals surface area contributed by atoms with Gasteiger partial charge in [-0.2, -0.15) is 0 Å². The molecule has 21 heavy (non-hydrogen) atoms.